The second-order valence-corrected chi connectivity index (χ2v) is 4.48. The van der Waals surface area contributed by atoms with Crippen molar-refractivity contribution in [3.63, 3.8) is 0 Å². The molecule has 1 aromatic heterocycles. The number of hydrogen-bond acceptors (Lipinski definition) is 5. The summed E-state index contributed by atoms with van der Waals surface area (Å²) in [6.45, 7) is 3.12. The number of aryl methyl sites for hydroxylation is 1. The summed E-state index contributed by atoms with van der Waals surface area (Å²) in [6.07, 6.45) is 2.73. The van der Waals surface area contributed by atoms with E-state index in [-0.39, 0.29) is 17.9 Å². The molecule has 0 bridgehead atoms. The molecular formula is C11H19N5O2. The van der Waals surface area contributed by atoms with Crippen LogP contribution in [0.3, 0.4) is 0 Å². The molecule has 1 fully saturated rings. The van der Waals surface area contributed by atoms with Crippen LogP contribution in [-0.4, -0.2) is 38.8 Å². The zero-order valence-electron chi connectivity index (χ0n) is 10.8. The molecule has 7 heteroatoms. The van der Waals surface area contributed by atoms with Crippen LogP contribution < -0.4 is 5.32 Å². The van der Waals surface area contributed by atoms with E-state index in [2.05, 4.69) is 20.7 Å². The van der Waals surface area contributed by atoms with E-state index in [1.807, 2.05) is 6.92 Å². The number of amides is 1. The first-order valence-electron chi connectivity index (χ1n) is 6.33. The summed E-state index contributed by atoms with van der Waals surface area (Å²) >= 11 is 0. The third-order valence-corrected chi connectivity index (χ3v) is 3.15. The summed E-state index contributed by atoms with van der Waals surface area (Å²) in [5.41, 5.74) is 0. The highest BCUT2D eigenvalue weighted by molar-refractivity contribution is 5.79. The molecule has 0 aromatic carbocycles. The van der Waals surface area contributed by atoms with Crippen LogP contribution in [0.4, 0.5) is 0 Å². The number of tetrazole rings is 1. The molecule has 0 unspecified atom stereocenters. The van der Waals surface area contributed by atoms with Gasteiger partial charge in [-0.1, -0.05) is 6.92 Å². The first kappa shape index (κ1) is 12.9. The van der Waals surface area contributed by atoms with Gasteiger partial charge in [0.2, 0.25) is 5.91 Å². The molecule has 0 aliphatic carbocycles. The van der Waals surface area contributed by atoms with Crippen LogP contribution in [0.25, 0.3) is 0 Å². The Morgan fingerprint density at radius 1 is 1.61 bits per heavy atom. The van der Waals surface area contributed by atoms with Crippen LogP contribution in [-0.2, 0) is 23.1 Å². The Labute approximate surface area is 106 Å². The number of carbonyl (C=O) groups excluding carboxylic acids is 1. The number of aromatic nitrogens is 4. The second kappa shape index (κ2) is 5.90. The Balaban J connectivity index is 1.86. The van der Waals surface area contributed by atoms with E-state index in [0.29, 0.717) is 12.4 Å². The Hall–Kier alpha value is -1.50. The topological polar surface area (TPSA) is 81.9 Å². The Bertz CT molecular complexity index is 406. The molecule has 18 heavy (non-hydrogen) atoms. The lowest BCUT2D eigenvalue weighted by molar-refractivity contribution is -0.134. The molecule has 7 nitrogen and oxygen atoms in total. The molecule has 2 heterocycles. The molecule has 1 amide bonds. The van der Waals surface area contributed by atoms with Crippen molar-refractivity contribution in [2.45, 2.75) is 38.8 Å². The lowest BCUT2D eigenvalue weighted by Gasteiger charge is -2.29. The summed E-state index contributed by atoms with van der Waals surface area (Å²) in [4.78, 5) is 13.4. The van der Waals surface area contributed by atoms with Crippen molar-refractivity contribution in [2.75, 3.05) is 6.61 Å². The van der Waals surface area contributed by atoms with Crippen LogP contribution >= 0.6 is 0 Å². The Morgan fingerprint density at radius 3 is 3.11 bits per heavy atom. The summed E-state index contributed by atoms with van der Waals surface area (Å²) in [5.74, 6) is 0.491. The highest BCUT2D eigenvalue weighted by Crippen LogP contribution is 2.23. The third-order valence-electron chi connectivity index (χ3n) is 3.15. The maximum absolute atomic E-state index is 12.1. The van der Waals surface area contributed by atoms with Crippen LogP contribution in [0, 0.1) is 5.92 Å². The molecule has 1 saturated heterocycles. The van der Waals surface area contributed by atoms with Gasteiger partial charge in [0.15, 0.2) is 5.82 Å². The van der Waals surface area contributed by atoms with Crippen molar-refractivity contribution in [1.29, 1.82) is 0 Å². The average molecular weight is 253 g/mol. The van der Waals surface area contributed by atoms with E-state index in [0.717, 1.165) is 25.9 Å². The van der Waals surface area contributed by atoms with E-state index < -0.39 is 0 Å². The van der Waals surface area contributed by atoms with E-state index in [1.54, 1.807) is 7.05 Å². The van der Waals surface area contributed by atoms with Gasteiger partial charge in [0.25, 0.3) is 0 Å². The van der Waals surface area contributed by atoms with Crippen molar-refractivity contribution in [1.82, 2.24) is 25.5 Å². The summed E-state index contributed by atoms with van der Waals surface area (Å²) in [6, 6.07) is 0. The number of hydrogen-bond donors (Lipinski definition) is 1. The standard InChI is InChI=1S/C11H19N5O2/c1-3-9-8(5-4-6-18-9)11(17)12-7-10-13-15-16(2)14-10/h8-9H,3-7H2,1-2H3,(H,12,17)/t8-,9+/m1/s1. The predicted octanol–water partition coefficient (Wildman–Crippen LogP) is 0.0315. The van der Waals surface area contributed by atoms with Gasteiger partial charge in [0, 0.05) is 6.61 Å². The van der Waals surface area contributed by atoms with Gasteiger partial charge in [0.1, 0.15) is 0 Å². The van der Waals surface area contributed by atoms with Crippen molar-refractivity contribution < 1.29 is 9.53 Å². The quantitative estimate of drug-likeness (QED) is 0.818. The van der Waals surface area contributed by atoms with E-state index in [9.17, 15) is 4.79 Å². The minimum absolute atomic E-state index is 0.0222. The molecule has 1 aliphatic heterocycles. The molecule has 2 rings (SSSR count). The number of nitrogens with zero attached hydrogens (tertiary/aromatic N) is 4. The first-order valence-corrected chi connectivity index (χ1v) is 6.33. The molecule has 0 saturated carbocycles. The van der Waals surface area contributed by atoms with Crippen molar-refractivity contribution in [3.8, 4) is 0 Å². The smallest absolute Gasteiger partial charge is 0.226 e. The van der Waals surface area contributed by atoms with Gasteiger partial charge in [-0.2, -0.15) is 4.80 Å². The molecule has 0 radical (unpaired) electrons. The first-order chi connectivity index (χ1) is 8.70. The van der Waals surface area contributed by atoms with Gasteiger partial charge < -0.3 is 10.1 Å². The molecule has 1 aliphatic rings. The summed E-state index contributed by atoms with van der Waals surface area (Å²) < 4.78 is 5.61. The van der Waals surface area contributed by atoms with Gasteiger partial charge in [-0.25, -0.2) is 0 Å². The molecular weight excluding hydrogens is 234 g/mol. The Kier molecular flexibility index (Phi) is 4.24. The number of nitrogens with one attached hydrogen (secondary N) is 1. The van der Waals surface area contributed by atoms with Crippen molar-refractivity contribution >= 4 is 5.91 Å². The minimum atomic E-state index is -0.0552. The summed E-state index contributed by atoms with van der Waals surface area (Å²) in [7, 11) is 1.69. The number of rotatable bonds is 4. The zero-order valence-corrected chi connectivity index (χ0v) is 10.8. The third kappa shape index (κ3) is 3.04. The monoisotopic (exact) mass is 253 g/mol. The molecule has 1 aromatic rings. The maximum atomic E-state index is 12.1. The van der Waals surface area contributed by atoms with Gasteiger partial charge in [-0.05, 0) is 24.5 Å². The molecule has 1 N–H and O–H groups in total. The zero-order chi connectivity index (χ0) is 13.0. The summed E-state index contributed by atoms with van der Waals surface area (Å²) in [5, 5.41) is 14.4. The fourth-order valence-corrected chi connectivity index (χ4v) is 2.23. The van der Waals surface area contributed by atoms with Crippen LogP contribution in [0.15, 0.2) is 0 Å². The maximum Gasteiger partial charge on any atom is 0.226 e. The van der Waals surface area contributed by atoms with Crippen molar-refractivity contribution in [2.24, 2.45) is 13.0 Å². The van der Waals surface area contributed by atoms with Crippen LogP contribution in [0.1, 0.15) is 32.0 Å². The fourth-order valence-electron chi connectivity index (χ4n) is 2.23. The lowest BCUT2D eigenvalue weighted by atomic mass is 9.92. The fraction of sp³-hybridized carbons (Fsp3) is 0.818. The predicted molar refractivity (Wildman–Crippen MR) is 63.4 cm³/mol. The molecule has 0 spiro atoms. The average Bonchev–Trinajstić information content (AvgIpc) is 2.81. The SMILES string of the molecule is CC[C@@H]1OCCC[C@H]1C(=O)NCc1nnn(C)n1. The van der Waals surface area contributed by atoms with E-state index in [1.165, 1.54) is 4.80 Å². The lowest BCUT2D eigenvalue weighted by Crippen LogP contribution is -2.41. The van der Waals surface area contributed by atoms with Crippen molar-refractivity contribution in [3.05, 3.63) is 5.82 Å². The number of carbonyl (C=O) groups is 1. The minimum Gasteiger partial charge on any atom is -0.377 e. The highest BCUT2D eigenvalue weighted by atomic mass is 16.5. The van der Waals surface area contributed by atoms with Crippen LogP contribution in [0.5, 0.6) is 0 Å². The molecule has 2 atom stereocenters. The largest absolute Gasteiger partial charge is 0.377 e. The van der Waals surface area contributed by atoms with Gasteiger partial charge >= 0.3 is 0 Å². The van der Waals surface area contributed by atoms with Crippen LogP contribution in [0.2, 0.25) is 0 Å². The second-order valence-electron chi connectivity index (χ2n) is 4.48. The highest BCUT2D eigenvalue weighted by Gasteiger charge is 2.30. The van der Waals surface area contributed by atoms with E-state index in [4.69, 9.17) is 4.74 Å². The Morgan fingerprint density at radius 2 is 2.44 bits per heavy atom. The number of ether oxygens (including phenoxy) is 1. The molecule has 100 valence electrons. The van der Waals surface area contributed by atoms with Gasteiger partial charge in [0.05, 0.1) is 25.6 Å². The van der Waals surface area contributed by atoms with Gasteiger partial charge in [-0.3, -0.25) is 4.79 Å². The van der Waals surface area contributed by atoms with E-state index >= 15 is 0 Å². The van der Waals surface area contributed by atoms with Gasteiger partial charge in [-0.15, -0.1) is 10.2 Å². The normalized spacial score (nSPS) is 23.9.